The SMILES string of the molecule is OP(O)c1cccc(-c2ccccc2)c1. The van der Waals surface area contributed by atoms with Crippen LogP contribution in [0.2, 0.25) is 0 Å². The van der Waals surface area contributed by atoms with Crippen molar-refractivity contribution in [3.05, 3.63) is 54.6 Å². The average Bonchev–Trinajstić information content (AvgIpc) is 2.30. The van der Waals surface area contributed by atoms with E-state index in [0.717, 1.165) is 11.1 Å². The number of benzene rings is 2. The van der Waals surface area contributed by atoms with Crippen molar-refractivity contribution >= 4 is 13.7 Å². The molecule has 0 saturated carbocycles. The molecule has 0 unspecified atom stereocenters. The van der Waals surface area contributed by atoms with Crippen molar-refractivity contribution in [2.45, 2.75) is 0 Å². The van der Waals surface area contributed by atoms with E-state index in [0.29, 0.717) is 5.30 Å². The summed E-state index contributed by atoms with van der Waals surface area (Å²) in [7, 11) is -2.00. The van der Waals surface area contributed by atoms with Gasteiger partial charge in [-0.15, -0.1) is 0 Å². The van der Waals surface area contributed by atoms with Crippen molar-refractivity contribution < 1.29 is 9.79 Å². The van der Waals surface area contributed by atoms with Gasteiger partial charge in [0, 0.05) is 5.30 Å². The van der Waals surface area contributed by atoms with Crippen molar-refractivity contribution in [3.63, 3.8) is 0 Å². The van der Waals surface area contributed by atoms with E-state index in [1.165, 1.54) is 0 Å². The maximum Gasteiger partial charge on any atom is 0.199 e. The number of hydrogen-bond donors (Lipinski definition) is 2. The molecule has 3 heteroatoms. The van der Waals surface area contributed by atoms with Crippen molar-refractivity contribution in [3.8, 4) is 11.1 Å². The molecule has 0 bridgehead atoms. The van der Waals surface area contributed by atoms with E-state index in [2.05, 4.69) is 0 Å². The number of hydrogen-bond acceptors (Lipinski definition) is 2. The molecule has 0 aliphatic rings. The van der Waals surface area contributed by atoms with Crippen LogP contribution in [0.1, 0.15) is 0 Å². The molecule has 0 heterocycles. The third-order valence-corrected chi connectivity index (χ3v) is 2.92. The molecular weight excluding hydrogens is 207 g/mol. The summed E-state index contributed by atoms with van der Waals surface area (Å²) < 4.78 is 0. The lowest BCUT2D eigenvalue weighted by molar-refractivity contribution is 0.497. The summed E-state index contributed by atoms with van der Waals surface area (Å²) in [6, 6.07) is 17.2. The molecule has 0 aliphatic heterocycles. The minimum Gasteiger partial charge on any atom is -0.347 e. The number of rotatable bonds is 2. The van der Waals surface area contributed by atoms with Crippen LogP contribution in [0, 0.1) is 0 Å². The minimum atomic E-state index is -2.00. The summed E-state index contributed by atoms with van der Waals surface area (Å²) in [4.78, 5) is 18.2. The topological polar surface area (TPSA) is 40.5 Å². The Morgan fingerprint density at radius 1 is 0.733 bits per heavy atom. The van der Waals surface area contributed by atoms with Gasteiger partial charge in [0.1, 0.15) is 0 Å². The molecule has 2 nitrogen and oxygen atoms in total. The molecule has 0 atom stereocenters. The molecule has 0 amide bonds. The zero-order chi connectivity index (χ0) is 10.7. The molecule has 2 aromatic carbocycles. The van der Waals surface area contributed by atoms with Crippen LogP contribution in [0.3, 0.4) is 0 Å². The van der Waals surface area contributed by atoms with E-state index in [-0.39, 0.29) is 0 Å². The van der Waals surface area contributed by atoms with Gasteiger partial charge in [-0.3, -0.25) is 0 Å². The van der Waals surface area contributed by atoms with Gasteiger partial charge >= 0.3 is 0 Å². The van der Waals surface area contributed by atoms with E-state index in [4.69, 9.17) is 9.79 Å². The van der Waals surface area contributed by atoms with E-state index in [1.807, 2.05) is 42.5 Å². The molecule has 2 rings (SSSR count). The molecule has 0 fully saturated rings. The molecule has 0 aromatic heterocycles. The summed E-state index contributed by atoms with van der Waals surface area (Å²) in [5, 5.41) is 0.575. The van der Waals surface area contributed by atoms with Crippen molar-refractivity contribution in [2.24, 2.45) is 0 Å². The Balaban J connectivity index is 2.42. The van der Waals surface area contributed by atoms with E-state index in [1.54, 1.807) is 12.1 Å². The van der Waals surface area contributed by atoms with Gasteiger partial charge in [0.25, 0.3) is 0 Å². The van der Waals surface area contributed by atoms with Gasteiger partial charge < -0.3 is 9.79 Å². The van der Waals surface area contributed by atoms with Crippen molar-refractivity contribution in [2.75, 3.05) is 0 Å². The first kappa shape index (κ1) is 10.3. The standard InChI is InChI=1S/C12H11O2P/c13-15(14)12-8-4-7-11(9-12)10-5-2-1-3-6-10/h1-9,13-14H. The van der Waals surface area contributed by atoms with Crippen LogP contribution in [-0.4, -0.2) is 9.79 Å². The highest BCUT2D eigenvalue weighted by Crippen LogP contribution is 2.25. The summed E-state index contributed by atoms with van der Waals surface area (Å²) >= 11 is 0. The predicted octanol–water partition coefficient (Wildman–Crippen LogP) is 2.28. The normalized spacial score (nSPS) is 10.6. The third kappa shape index (κ3) is 2.42. The quantitative estimate of drug-likeness (QED) is 0.759. The third-order valence-electron chi connectivity index (χ3n) is 2.18. The largest absolute Gasteiger partial charge is 0.347 e. The highest BCUT2D eigenvalue weighted by atomic mass is 31.2. The molecule has 0 spiro atoms. The van der Waals surface area contributed by atoms with Gasteiger partial charge in [0.15, 0.2) is 8.38 Å². The van der Waals surface area contributed by atoms with E-state index in [9.17, 15) is 0 Å². The lowest BCUT2D eigenvalue weighted by atomic mass is 10.1. The molecule has 0 saturated heterocycles. The van der Waals surface area contributed by atoms with Gasteiger partial charge in [0.2, 0.25) is 0 Å². The van der Waals surface area contributed by atoms with E-state index >= 15 is 0 Å². The van der Waals surface area contributed by atoms with Gasteiger partial charge in [-0.25, -0.2) is 0 Å². The Labute approximate surface area is 89.7 Å². The maximum atomic E-state index is 9.12. The van der Waals surface area contributed by atoms with Crippen molar-refractivity contribution in [1.29, 1.82) is 0 Å². The predicted molar refractivity (Wildman–Crippen MR) is 62.9 cm³/mol. The van der Waals surface area contributed by atoms with Crippen LogP contribution in [0.4, 0.5) is 0 Å². The molecule has 2 N–H and O–H groups in total. The first-order chi connectivity index (χ1) is 7.27. The smallest absolute Gasteiger partial charge is 0.199 e. The molecular formula is C12H11O2P. The molecule has 15 heavy (non-hydrogen) atoms. The zero-order valence-electron chi connectivity index (χ0n) is 8.04. The van der Waals surface area contributed by atoms with Crippen LogP contribution in [0.15, 0.2) is 54.6 Å². The lowest BCUT2D eigenvalue weighted by Crippen LogP contribution is -1.98. The Morgan fingerprint density at radius 2 is 1.40 bits per heavy atom. The highest BCUT2D eigenvalue weighted by molar-refractivity contribution is 7.54. The summed E-state index contributed by atoms with van der Waals surface area (Å²) in [6.07, 6.45) is 0. The van der Waals surface area contributed by atoms with Crippen LogP contribution in [0.25, 0.3) is 11.1 Å². The lowest BCUT2D eigenvalue weighted by Gasteiger charge is -2.05. The second-order valence-electron chi connectivity index (χ2n) is 3.21. The minimum absolute atomic E-state index is 0.575. The highest BCUT2D eigenvalue weighted by Gasteiger charge is 2.04. The first-order valence-electron chi connectivity index (χ1n) is 4.61. The summed E-state index contributed by atoms with van der Waals surface area (Å²) in [5.41, 5.74) is 2.08. The molecule has 0 radical (unpaired) electrons. The first-order valence-corrected chi connectivity index (χ1v) is 5.85. The second-order valence-corrected chi connectivity index (χ2v) is 4.30. The Bertz CT molecular complexity index is 440. The monoisotopic (exact) mass is 218 g/mol. The Morgan fingerprint density at radius 3 is 2.07 bits per heavy atom. The van der Waals surface area contributed by atoms with Crippen molar-refractivity contribution in [1.82, 2.24) is 0 Å². The Kier molecular flexibility index (Phi) is 3.12. The fourth-order valence-electron chi connectivity index (χ4n) is 1.44. The molecule has 2 aromatic rings. The fraction of sp³-hybridized carbons (Fsp3) is 0. The van der Waals surface area contributed by atoms with Gasteiger partial charge in [-0.2, -0.15) is 0 Å². The second kappa shape index (κ2) is 4.54. The van der Waals surface area contributed by atoms with Gasteiger partial charge in [-0.1, -0.05) is 42.5 Å². The summed E-state index contributed by atoms with van der Waals surface area (Å²) in [6.45, 7) is 0. The zero-order valence-corrected chi connectivity index (χ0v) is 8.93. The fourth-order valence-corrected chi connectivity index (χ4v) is 1.91. The van der Waals surface area contributed by atoms with Gasteiger partial charge in [0.05, 0.1) is 0 Å². The maximum absolute atomic E-state index is 9.12. The van der Waals surface area contributed by atoms with E-state index < -0.39 is 8.38 Å². The van der Waals surface area contributed by atoms with Crippen LogP contribution in [0.5, 0.6) is 0 Å². The van der Waals surface area contributed by atoms with Crippen LogP contribution >= 0.6 is 8.38 Å². The van der Waals surface area contributed by atoms with Crippen LogP contribution in [-0.2, 0) is 0 Å². The summed E-state index contributed by atoms with van der Waals surface area (Å²) in [5.74, 6) is 0. The molecule has 76 valence electrons. The van der Waals surface area contributed by atoms with Crippen LogP contribution < -0.4 is 5.30 Å². The molecule has 0 aliphatic carbocycles. The Hall–Kier alpha value is -1.21. The average molecular weight is 218 g/mol. The van der Waals surface area contributed by atoms with Gasteiger partial charge in [-0.05, 0) is 23.3 Å².